The van der Waals surface area contributed by atoms with Gasteiger partial charge in [-0.3, -0.25) is 9.69 Å². The van der Waals surface area contributed by atoms with Crippen molar-refractivity contribution in [3.05, 3.63) is 63.6 Å². The highest BCUT2D eigenvalue weighted by Gasteiger charge is 2.20. The van der Waals surface area contributed by atoms with E-state index >= 15 is 0 Å². The fourth-order valence-electron chi connectivity index (χ4n) is 3.15. The summed E-state index contributed by atoms with van der Waals surface area (Å²) < 4.78 is 1.87. The SMILES string of the molecule is O=c1cc(CO)n(Cc2ccccc2)c(CN2CCCC2)c1O. The molecular weight excluding hydrogens is 292 g/mol. The molecule has 0 aliphatic carbocycles. The van der Waals surface area contributed by atoms with Crippen molar-refractivity contribution < 1.29 is 10.2 Å². The topological polar surface area (TPSA) is 65.7 Å². The Balaban J connectivity index is 2.03. The number of hydrogen-bond donors (Lipinski definition) is 2. The third-order valence-corrected chi connectivity index (χ3v) is 4.39. The summed E-state index contributed by atoms with van der Waals surface area (Å²) >= 11 is 0. The summed E-state index contributed by atoms with van der Waals surface area (Å²) in [4.78, 5) is 14.2. The number of rotatable bonds is 5. The van der Waals surface area contributed by atoms with Gasteiger partial charge in [0.1, 0.15) is 0 Å². The van der Waals surface area contributed by atoms with Crippen molar-refractivity contribution in [2.24, 2.45) is 0 Å². The van der Waals surface area contributed by atoms with Crippen LogP contribution in [0.15, 0.2) is 41.2 Å². The van der Waals surface area contributed by atoms with Crippen LogP contribution in [0.4, 0.5) is 0 Å². The van der Waals surface area contributed by atoms with E-state index < -0.39 is 5.43 Å². The summed E-state index contributed by atoms with van der Waals surface area (Å²) in [5.41, 5.74) is 1.76. The number of aliphatic hydroxyl groups excluding tert-OH is 1. The van der Waals surface area contributed by atoms with Gasteiger partial charge >= 0.3 is 0 Å². The first-order valence-electron chi connectivity index (χ1n) is 8.00. The number of aromatic hydroxyl groups is 1. The van der Waals surface area contributed by atoms with Crippen LogP contribution in [0.1, 0.15) is 29.8 Å². The Hall–Kier alpha value is -2.11. The number of likely N-dealkylation sites (tertiary alicyclic amines) is 1. The summed E-state index contributed by atoms with van der Waals surface area (Å²) in [6.45, 7) is 2.77. The minimum atomic E-state index is -0.424. The van der Waals surface area contributed by atoms with Gasteiger partial charge in [0.25, 0.3) is 0 Å². The molecule has 1 aromatic carbocycles. The molecule has 5 heteroatoms. The van der Waals surface area contributed by atoms with Crippen LogP contribution in [-0.4, -0.2) is 32.8 Å². The second-order valence-electron chi connectivity index (χ2n) is 6.01. The highest BCUT2D eigenvalue weighted by molar-refractivity contribution is 5.31. The van der Waals surface area contributed by atoms with E-state index in [-0.39, 0.29) is 12.4 Å². The van der Waals surface area contributed by atoms with E-state index in [4.69, 9.17) is 0 Å². The molecule has 0 radical (unpaired) electrons. The average molecular weight is 314 g/mol. The Bertz CT molecular complexity index is 719. The number of hydrogen-bond acceptors (Lipinski definition) is 4. The smallest absolute Gasteiger partial charge is 0.223 e. The molecule has 1 aliphatic heterocycles. The highest BCUT2D eigenvalue weighted by atomic mass is 16.3. The first-order chi connectivity index (χ1) is 11.2. The summed E-state index contributed by atoms with van der Waals surface area (Å²) in [6.07, 6.45) is 2.28. The van der Waals surface area contributed by atoms with E-state index in [0.717, 1.165) is 31.5 Å². The molecule has 23 heavy (non-hydrogen) atoms. The summed E-state index contributed by atoms with van der Waals surface area (Å²) in [7, 11) is 0. The lowest BCUT2D eigenvalue weighted by molar-refractivity contribution is 0.263. The second kappa shape index (κ2) is 6.98. The number of aliphatic hydroxyl groups is 1. The van der Waals surface area contributed by atoms with Crippen molar-refractivity contribution in [3.8, 4) is 5.75 Å². The lowest BCUT2D eigenvalue weighted by atomic mass is 10.1. The molecule has 1 aliphatic rings. The molecule has 5 nitrogen and oxygen atoms in total. The van der Waals surface area contributed by atoms with Crippen molar-refractivity contribution in [3.63, 3.8) is 0 Å². The van der Waals surface area contributed by atoms with Crippen molar-refractivity contribution in [2.45, 2.75) is 32.5 Å². The molecule has 0 bridgehead atoms. The summed E-state index contributed by atoms with van der Waals surface area (Å²) in [5, 5.41) is 19.9. The van der Waals surface area contributed by atoms with Crippen LogP contribution >= 0.6 is 0 Å². The van der Waals surface area contributed by atoms with Crippen LogP contribution in [0.3, 0.4) is 0 Å². The Morgan fingerprint density at radius 3 is 2.39 bits per heavy atom. The Labute approximate surface area is 135 Å². The van der Waals surface area contributed by atoms with Gasteiger partial charge < -0.3 is 14.8 Å². The van der Waals surface area contributed by atoms with E-state index in [1.54, 1.807) is 0 Å². The van der Waals surface area contributed by atoms with Gasteiger partial charge in [-0.05, 0) is 31.5 Å². The van der Waals surface area contributed by atoms with Crippen molar-refractivity contribution in [1.82, 2.24) is 9.47 Å². The van der Waals surface area contributed by atoms with Gasteiger partial charge in [-0.25, -0.2) is 0 Å². The summed E-state index contributed by atoms with van der Waals surface area (Å²) in [6, 6.07) is 11.2. The molecule has 1 fully saturated rings. The number of pyridine rings is 1. The highest BCUT2D eigenvalue weighted by Crippen LogP contribution is 2.21. The molecular formula is C18H22N2O3. The van der Waals surface area contributed by atoms with E-state index in [0.29, 0.717) is 24.5 Å². The second-order valence-corrected chi connectivity index (χ2v) is 6.01. The van der Waals surface area contributed by atoms with Crippen LogP contribution < -0.4 is 5.43 Å². The van der Waals surface area contributed by atoms with Crippen molar-refractivity contribution in [2.75, 3.05) is 13.1 Å². The van der Waals surface area contributed by atoms with Crippen molar-refractivity contribution in [1.29, 1.82) is 0 Å². The average Bonchev–Trinajstić information content (AvgIpc) is 3.08. The molecule has 1 saturated heterocycles. The molecule has 2 heterocycles. The van der Waals surface area contributed by atoms with Gasteiger partial charge in [0.2, 0.25) is 5.43 Å². The minimum Gasteiger partial charge on any atom is -0.503 e. The maximum atomic E-state index is 12.0. The molecule has 0 amide bonds. The van der Waals surface area contributed by atoms with Crippen LogP contribution in [-0.2, 0) is 19.7 Å². The largest absolute Gasteiger partial charge is 0.503 e. The molecule has 122 valence electrons. The third-order valence-electron chi connectivity index (χ3n) is 4.39. The normalized spacial score (nSPS) is 15.2. The predicted molar refractivity (Wildman–Crippen MR) is 88.3 cm³/mol. The Morgan fingerprint density at radius 2 is 1.74 bits per heavy atom. The zero-order valence-corrected chi connectivity index (χ0v) is 13.1. The number of aromatic nitrogens is 1. The third kappa shape index (κ3) is 3.46. The van der Waals surface area contributed by atoms with E-state index in [2.05, 4.69) is 4.90 Å². The van der Waals surface area contributed by atoms with E-state index in [1.165, 1.54) is 6.07 Å². The maximum Gasteiger partial charge on any atom is 0.223 e. The zero-order chi connectivity index (χ0) is 16.2. The molecule has 2 aromatic rings. The first kappa shape index (κ1) is 15.8. The molecule has 3 rings (SSSR count). The van der Waals surface area contributed by atoms with E-state index in [1.807, 2.05) is 34.9 Å². The van der Waals surface area contributed by atoms with Crippen LogP contribution in [0.2, 0.25) is 0 Å². The predicted octanol–water partition coefficient (Wildman–Crippen LogP) is 1.69. The van der Waals surface area contributed by atoms with Gasteiger partial charge in [-0.2, -0.15) is 0 Å². The molecule has 0 unspecified atom stereocenters. The molecule has 0 spiro atoms. The lowest BCUT2D eigenvalue weighted by Gasteiger charge is -2.23. The Morgan fingerprint density at radius 1 is 1.04 bits per heavy atom. The van der Waals surface area contributed by atoms with Crippen LogP contribution in [0.25, 0.3) is 0 Å². The molecule has 0 atom stereocenters. The van der Waals surface area contributed by atoms with Gasteiger partial charge in [0.15, 0.2) is 5.75 Å². The molecule has 1 aromatic heterocycles. The zero-order valence-electron chi connectivity index (χ0n) is 13.1. The van der Waals surface area contributed by atoms with E-state index in [9.17, 15) is 15.0 Å². The lowest BCUT2D eigenvalue weighted by Crippen LogP contribution is -2.26. The summed E-state index contributed by atoms with van der Waals surface area (Å²) in [5.74, 6) is -0.204. The fraction of sp³-hybridized carbons (Fsp3) is 0.389. The maximum absolute atomic E-state index is 12.0. The fourth-order valence-corrected chi connectivity index (χ4v) is 3.15. The quantitative estimate of drug-likeness (QED) is 0.881. The van der Waals surface area contributed by atoms with Gasteiger partial charge in [-0.15, -0.1) is 0 Å². The monoisotopic (exact) mass is 314 g/mol. The van der Waals surface area contributed by atoms with Crippen LogP contribution in [0.5, 0.6) is 5.75 Å². The molecule has 2 N–H and O–H groups in total. The van der Waals surface area contributed by atoms with Gasteiger partial charge in [-0.1, -0.05) is 30.3 Å². The number of nitrogens with zero attached hydrogens (tertiary/aromatic N) is 2. The minimum absolute atomic E-state index is 0.204. The van der Waals surface area contributed by atoms with Gasteiger partial charge in [0, 0.05) is 24.8 Å². The first-order valence-corrected chi connectivity index (χ1v) is 8.00. The molecule has 0 saturated carbocycles. The Kier molecular flexibility index (Phi) is 4.79. The standard InChI is InChI=1S/C18H22N2O3/c21-13-15-10-17(22)18(23)16(12-19-8-4-5-9-19)20(15)11-14-6-2-1-3-7-14/h1-3,6-7,10,21,23H,4-5,8-9,11-13H2. The van der Waals surface area contributed by atoms with Crippen molar-refractivity contribution >= 4 is 0 Å². The van der Waals surface area contributed by atoms with Crippen LogP contribution in [0, 0.1) is 0 Å². The number of benzene rings is 1. The van der Waals surface area contributed by atoms with Gasteiger partial charge in [0.05, 0.1) is 12.3 Å².